The van der Waals surface area contributed by atoms with Crippen molar-refractivity contribution in [3.8, 4) is 11.1 Å². The zero-order valence-electron chi connectivity index (χ0n) is 17.6. The van der Waals surface area contributed by atoms with Gasteiger partial charge in [0.1, 0.15) is 10.00 Å². The number of nitrogens with zero attached hydrogens (tertiary/aromatic N) is 2. The van der Waals surface area contributed by atoms with Crippen molar-refractivity contribution in [2.75, 3.05) is 18.7 Å². The fourth-order valence-corrected chi connectivity index (χ4v) is 4.43. The normalized spacial score (nSPS) is 11.2. The molecule has 2 aromatic heterocycles. The van der Waals surface area contributed by atoms with Crippen LogP contribution in [-0.2, 0) is 17.8 Å². The maximum Gasteiger partial charge on any atom is 0.231 e. The van der Waals surface area contributed by atoms with Gasteiger partial charge in [-0.3, -0.25) is 13.6 Å². The van der Waals surface area contributed by atoms with E-state index in [4.69, 9.17) is 18.0 Å². The van der Waals surface area contributed by atoms with E-state index >= 15 is 0 Å². The van der Waals surface area contributed by atoms with Gasteiger partial charge in [-0.1, -0.05) is 36.5 Å². The van der Waals surface area contributed by atoms with E-state index in [1.54, 1.807) is 6.20 Å². The third-order valence-electron chi connectivity index (χ3n) is 5.31. The Labute approximate surface area is 199 Å². The lowest BCUT2D eigenvalue weighted by Crippen LogP contribution is -2.15. The number of rotatable bonds is 9. The van der Waals surface area contributed by atoms with Crippen molar-refractivity contribution in [3.63, 3.8) is 0 Å². The molecule has 9 heteroatoms. The van der Waals surface area contributed by atoms with Gasteiger partial charge in [0.15, 0.2) is 0 Å². The van der Waals surface area contributed by atoms with Crippen LogP contribution in [0.15, 0.2) is 60.2 Å². The van der Waals surface area contributed by atoms with Crippen LogP contribution < -0.4 is 11.1 Å². The van der Waals surface area contributed by atoms with Gasteiger partial charge in [0.25, 0.3) is 0 Å². The standard InChI is InChI=1S/C24H22F2N4OS2/c25-11-15(12-26)13-30-14-20(16-2-1-3-17(8-16)24(27)32)19-5-4-18(9-21(19)30)29-22(31)10-23-28-6-7-33-23/h1-9,14-15H,10-13H2,(H2,27,32)(H,29,31). The highest BCUT2D eigenvalue weighted by atomic mass is 32.1. The zero-order valence-corrected chi connectivity index (χ0v) is 19.3. The predicted molar refractivity (Wildman–Crippen MR) is 133 cm³/mol. The molecule has 0 aliphatic rings. The number of halogens is 2. The van der Waals surface area contributed by atoms with Crippen LogP contribution in [0.1, 0.15) is 10.6 Å². The van der Waals surface area contributed by atoms with E-state index < -0.39 is 19.3 Å². The van der Waals surface area contributed by atoms with E-state index in [1.165, 1.54) is 11.3 Å². The number of anilines is 1. The molecule has 0 spiro atoms. The molecular weight excluding hydrogens is 462 g/mol. The topological polar surface area (TPSA) is 72.9 Å². The number of nitrogens with one attached hydrogen (secondary N) is 1. The van der Waals surface area contributed by atoms with E-state index in [1.807, 2.05) is 58.6 Å². The van der Waals surface area contributed by atoms with E-state index in [-0.39, 0.29) is 18.9 Å². The highest BCUT2D eigenvalue weighted by Crippen LogP contribution is 2.33. The summed E-state index contributed by atoms with van der Waals surface area (Å²) in [5.74, 6) is -0.934. The average Bonchev–Trinajstić information content (AvgIpc) is 3.45. The molecule has 2 aromatic carbocycles. The van der Waals surface area contributed by atoms with Crippen molar-refractivity contribution in [1.82, 2.24) is 9.55 Å². The highest BCUT2D eigenvalue weighted by molar-refractivity contribution is 7.80. The number of hydrogen-bond acceptors (Lipinski definition) is 4. The fraction of sp³-hybridized carbons (Fsp3) is 0.208. The second kappa shape index (κ2) is 10.2. The second-order valence-electron chi connectivity index (χ2n) is 7.70. The van der Waals surface area contributed by atoms with Crippen molar-refractivity contribution in [1.29, 1.82) is 0 Å². The highest BCUT2D eigenvalue weighted by Gasteiger charge is 2.16. The number of alkyl halides is 2. The maximum atomic E-state index is 13.3. The Bertz CT molecular complexity index is 1280. The van der Waals surface area contributed by atoms with Gasteiger partial charge in [0.05, 0.1) is 25.3 Å². The molecule has 0 aliphatic heterocycles. The molecule has 0 fully saturated rings. The van der Waals surface area contributed by atoms with E-state index in [2.05, 4.69) is 10.3 Å². The molecule has 170 valence electrons. The monoisotopic (exact) mass is 484 g/mol. The van der Waals surface area contributed by atoms with Crippen molar-refractivity contribution in [3.05, 3.63) is 70.8 Å². The predicted octanol–water partition coefficient (Wildman–Crippen LogP) is 5.14. The van der Waals surface area contributed by atoms with Crippen LogP contribution >= 0.6 is 23.6 Å². The first-order chi connectivity index (χ1) is 16.0. The van der Waals surface area contributed by atoms with Crippen LogP contribution in [-0.4, -0.2) is 33.8 Å². The minimum Gasteiger partial charge on any atom is -0.389 e. The molecule has 0 aliphatic carbocycles. The molecule has 2 heterocycles. The van der Waals surface area contributed by atoms with Crippen LogP contribution in [0.3, 0.4) is 0 Å². The summed E-state index contributed by atoms with van der Waals surface area (Å²) in [6.07, 6.45) is 3.72. The Kier molecular flexibility index (Phi) is 7.10. The number of aromatic nitrogens is 2. The van der Waals surface area contributed by atoms with Crippen LogP contribution in [0.25, 0.3) is 22.0 Å². The molecule has 4 rings (SSSR count). The van der Waals surface area contributed by atoms with Gasteiger partial charge in [-0.05, 0) is 23.8 Å². The Morgan fingerprint density at radius 3 is 2.73 bits per heavy atom. The Morgan fingerprint density at radius 2 is 2.03 bits per heavy atom. The van der Waals surface area contributed by atoms with Gasteiger partial charge in [-0.15, -0.1) is 11.3 Å². The number of nitrogens with two attached hydrogens (primary N) is 1. The van der Waals surface area contributed by atoms with Gasteiger partial charge < -0.3 is 15.6 Å². The summed E-state index contributed by atoms with van der Waals surface area (Å²) >= 11 is 6.52. The fourth-order valence-electron chi connectivity index (χ4n) is 3.69. The first kappa shape index (κ1) is 23.0. The van der Waals surface area contributed by atoms with Crippen LogP contribution in [0.2, 0.25) is 0 Å². The van der Waals surface area contributed by atoms with Gasteiger partial charge in [0, 0.05) is 52.4 Å². The lowest BCUT2D eigenvalue weighted by Gasteiger charge is -2.12. The van der Waals surface area contributed by atoms with Crippen LogP contribution in [0.5, 0.6) is 0 Å². The molecule has 0 radical (unpaired) electrons. The van der Waals surface area contributed by atoms with Crippen LogP contribution in [0.4, 0.5) is 14.5 Å². The summed E-state index contributed by atoms with van der Waals surface area (Å²) < 4.78 is 28.4. The molecule has 1 amide bonds. The lowest BCUT2D eigenvalue weighted by molar-refractivity contribution is -0.115. The number of amides is 1. The zero-order chi connectivity index (χ0) is 23.4. The van der Waals surface area contributed by atoms with Crippen molar-refractivity contribution >= 4 is 51.0 Å². The van der Waals surface area contributed by atoms with Gasteiger partial charge in [-0.25, -0.2) is 4.98 Å². The minimum atomic E-state index is -0.757. The average molecular weight is 485 g/mol. The van der Waals surface area contributed by atoms with Crippen molar-refractivity contribution in [2.24, 2.45) is 11.7 Å². The summed E-state index contributed by atoms with van der Waals surface area (Å²) in [6, 6.07) is 13.1. The SMILES string of the molecule is NC(=S)c1cccc(-c2cn(CC(CF)CF)c3cc(NC(=O)Cc4nccs4)ccc23)c1. The van der Waals surface area contributed by atoms with Gasteiger partial charge >= 0.3 is 0 Å². The molecule has 3 N–H and O–H groups in total. The van der Waals surface area contributed by atoms with Gasteiger partial charge in [-0.2, -0.15) is 0 Å². The Balaban J connectivity index is 1.72. The largest absolute Gasteiger partial charge is 0.389 e. The number of fused-ring (bicyclic) bond motifs is 1. The molecule has 0 saturated heterocycles. The quantitative estimate of drug-likeness (QED) is 0.323. The molecule has 0 bridgehead atoms. The molecule has 0 atom stereocenters. The van der Waals surface area contributed by atoms with Gasteiger partial charge in [0.2, 0.25) is 5.91 Å². The summed E-state index contributed by atoms with van der Waals surface area (Å²) in [5.41, 5.74) is 9.68. The lowest BCUT2D eigenvalue weighted by atomic mass is 10.0. The minimum absolute atomic E-state index is 0.176. The number of thiocarbonyl (C=S) groups is 1. The summed E-state index contributed by atoms with van der Waals surface area (Å²) in [4.78, 5) is 16.9. The first-order valence-corrected chi connectivity index (χ1v) is 11.6. The third kappa shape index (κ3) is 5.26. The second-order valence-corrected chi connectivity index (χ2v) is 9.12. The molecule has 0 unspecified atom stereocenters. The number of hydrogen-bond donors (Lipinski definition) is 2. The Hall–Kier alpha value is -3.17. The summed E-state index contributed by atoms with van der Waals surface area (Å²) in [5, 5.41) is 6.33. The maximum absolute atomic E-state index is 13.3. The molecule has 33 heavy (non-hydrogen) atoms. The number of carbonyl (C=O) groups excluding carboxylic acids is 1. The molecular formula is C24H22F2N4OS2. The van der Waals surface area contributed by atoms with E-state index in [0.717, 1.165) is 32.6 Å². The third-order valence-corrected chi connectivity index (χ3v) is 6.33. The Morgan fingerprint density at radius 1 is 1.21 bits per heavy atom. The number of carbonyl (C=O) groups is 1. The summed E-state index contributed by atoms with van der Waals surface area (Å²) in [7, 11) is 0. The van der Waals surface area contributed by atoms with Crippen molar-refractivity contribution in [2.45, 2.75) is 13.0 Å². The summed E-state index contributed by atoms with van der Waals surface area (Å²) in [6.45, 7) is -1.34. The smallest absolute Gasteiger partial charge is 0.231 e. The number of benzene rings is 2. The van der Waals surface area contributed by atoms with Crippen LogP contribution in [0, 0.1) is 5.92 Å². The first-order valence-electron chi connectivity index (χ1n) is 10.3. The molecule has 5 nitrogen and oxygen atoms in total. The van der Waals surface area contributed by atoms with E-state index in [9.17, 15) is 13.6 Å². The molecule has 4 aromatic rings. The van der Waals surface area contributed by atoms with E-state index in [0.29, 0.717) is 10.7 Å². The molecule has 0 saturated carbocycles. The van der Waals surface area contributed by atoms with Crippen molar-refractivity contribution < 1.29 is 13.6 Å². The number of thiazole rings is 1.